The molecule has 2 aromatic carbocycles. The van der Waals surface area contributed by atoms with E-state index in [4.69, 9.17) is 27.9 Å². The molecule has 8 nitrogen and oxygen atoms in total. The smallest absolute Gasteiger partial charge is 0.244 e. The van der Waals surface area contributed by atoms with Gasteiger partial charge in [0.05, 0.1) is 24.1 Å². The molecule has 208 valence electrons. The van der Waals surface area contributed by atoms with E-state index >= 15 is 0 Å². The Hall–Kier alpha value is -2.49. The molecule has 0 aromatic heterocycles. The Morgan fingerprint density at radius 2 is 1.82 bits per heavy atom. The van der Waals surface area contributed by atoms with E-state index in [-0.39, 0.29) is 29.2 Å². The highest BCUT2D eigenvalue weighted by Gasteiger charge is 2.33. The fourth-order valence-corrected chi connectivity index (χ4v) is 6.13. The standard InChI is InChI=1S/C27H35Cl2N3O5S/c1-4-24(27(34)30-21-10-6-5-7-11-21)31(17-19-9-8-12-22(15-19)37-2)26(33)18-32(38(3,35)36)25-14-13-20(28)16-23(25)29/h8-9,12-16,21,24H,4-7,10-11,17-18H2,1-3H3,(H,30,34)/t24-/m0/s1. The van der Waals surface area contributed by atoms with Crippen molar-refractivity contribution in [3.63, 3.8) is 0 Å². The van der Waals surface area contributed by atoms with E-state index in [1.807, 2.05) is 13.0 Å². The first-order chi connectivity index (χ1) is 18.0. The van der Waals surface area contributed by atoms with Crippen molar-refractivity contribution in [2.24, 2.45) is 0 Å². The fourth-order valence-electron chi connectivity index (χ4n) is 4.71. The summed E-state index contributed by atoms with van der Waals surface area (Å²) in [7, 11) is -2.35. The van der Waals surface area contributed by atoms with Crippen LogP contribution in [0, 0.1) is 0 Å². The lowest BCUT2D eigenvalue weighted by molar-refractivity contribution is -0.140. The van der Waals surface area contributed by atoms with Gasteiger partial charge >= 0.3 is 0 Å². The van der Waals surface area contributed by atoms with Crippen LogP contribution in [0.15, 0.2) is 42.5 Å². The van der Waals surface area contributed by atoms with Gasteiger partial charge in [-0.2, -0.15) is 0 Å². The van der Waals surface area contributed by atoms with Crippen LogP contribution in [0.4, 0.5) is 5.69 Å². The summed E-state index contributed by atoms with van der Waals surface area (Å²) >= 11 is 12.3. The summed E-state index contributed by atoms with van der Waals surface area (Å²) in [4.78, 5) is 28.7. The van der Waals surface area contributed by atoms with Gasteiger partial charge in [-0.1, -0.05) is 61.5 Å². The van der Waals surface area contributed by atoms with Crippen LogP contribution in [0.25, 0.3) is 0 Å². The molecule has 0 spiro atoms. The number of methoxy groups -OCH3 is 1. The third-order valence-corrected chi connectivity index (χ3v) is 8.35. The molecule has 1 N–H and O–H groups in total. The van der Waals surface area contributed by atoms with Crippen LogP contribution < -0.4 is 14.4 Å². The number of ether oxygens (including phenoxy) is 1. The van der Waals surface area contributed by atoms with E-state index in [9.17, 15) is 18.0 Å². The normalized spacial score (nSPS) is 15.0. The second kappa shape index (κ2) is 13.5. The monoisotopic (exact) mass is 583 g/mol. The number of carbonyl (C=O) groups excluding carboxylic acids is 2. The summed E-state index contributed by atoms with van der Waals surface area (Å²) < 4.78 is 31.8. The molecule has 2 aromatic rings. The van der Waals surface area contributed by atoms with E-state index in [0.29, 0.717) is 17.2 Å². The number of halogens is 2. The SMILES string of the molecule is CC[C@@H](C(=O)NC1CCCCC1)N(Cc1cccc(OC)c1)C(=O)CN(c1ccc(Cl)cc1Cl)S(C)(=O)=O. The number of hydrogen-bond donors (Lipinski definition) is 1. The molecule has 0 saturated heterocycles. The maximum atomic E-state index is 13.8. The second-order valence-corrected chi connectivity index (χ2v) is 12.3. The first-order valence-electron chi connectivity index (χ1n) is 12.7. The molecule has 0 unspecified atom stereocenters. The summed E-state index contributed by atoms with van der Waals surface area (Å²) in [6.07, 6.45) is 6.43. The number of rotatable bonds is 11. The number of nitrogens with zero attached hydrogens (tertiary/aromatic N) is 2. The first-order valence-corrected chi connectivity index (χ1v) is 15.3. The van der Waals surface area contributed by atoms with E-state index < -0.39 is 28.5 Å². The van der Waals surface area contributed by atoms with Crippen molar-refractivity contribution in [3.8, 4) is 5.75 Å². The zero-order valence-corrected chi connectivity index (χ0v) is 24.3. The molecular formula is C27H35Cl2N3O5S. The Bertz CT molecular complexity index is 1230. The molecule has 1 atom stereocenters. The van der Waals surface area contributed by atoms with E-state index in [1.165, 1.54) is 23.1 Å². The second-order valence-electron chi connectivity index (χ2n) is 9.51. The van der Waals surface area contributed by atoms with Crippen molar-refractivity contribution in [1.82, 2.24) is 10.2 Å². The summed E-state index contributed by atoms with van der Waals surface area (Å²) in [6, 6.07) is 10.9. The predicted octanol–water partition coefficient (Wildman–Crippen LogP) is 5.02. The molecule has 1 saturated carbocycles. The van der Waals surface area contributed by atoms with Crippen molar-refractivity contribution in [1.29, 1.82) is 0 Å². The first kappa shape index (κ1) is 30.1. The molecule has 38 heavy (non-hydrogen) atoms. The van der Waals surface area contributed by atoms with Gasteiger partial charge in [0.15, 0.2) is 0 Å². The highest BCUT2D eigenvalue weighted by Crippen LogP contribution is 2.31. The molecule has 2 amide bonds. The van der Waals surface area contributed by atoms with Crippen molar-refractivity contribution in [2.75, 3.05) is 24.2 Å². The van der Waals surface area contributed by atoms with Crippen molar-refractivity contribution in [3.05, 3.63) is 58.1 Å². The molecular weight excluding hydrogens is 549 g/mol. The molecule has 0 bridgehead atoms. The summed E-state index contributed by atoms with van der Waals surface area (Å²) in [5.74, 6) is -0.165. The van der Waals surface area contributed by atoms with Crippen molar-refractivity contribution < 1.29 is 22.7 Å². The molecule has 1 aliphatic rings. The maximum Gasteiger partial charge on any atom is 0.244 e. The van der Waals surface area contributed by atoms with Crippen LogP contribution in [-0.4, -0.2) is 57.1 Å². The largest absolute Gasteiger partial charge is 0.497 e. The quantitative estimate of drug-likeness (QED) is 0.400. The summed E-state index contributed by atoms with van der Waals surface area (Å²) in [6.45, 7) is 1.40. The van der Waals surface area contributed by atoms with Crippen LogP contribution in [-0.2, 0) is 26.2 Å². The van der Waals surface area contributed by atoms with Crippen molar-refractivity contribution >= 4 is 50.7 Å². The van der Waals surface area contributed by atoms with E-state index in [0.717, 1.165) is 48.2 Å². The number of anilines is 1. The molecule has 1 aliphatic carbocycles. The average Bonchev–Trinajstić information content (AvgIpc) is 2.87. The predicted molar refractivity (Wildman–Crippen MR) is 151 cm³/mol. The van der Waals surface area contributed by atoms with Crippen LogP contribution >= 0.6 is 23.2 Å². The number of sulfonamides is 1. The minimum Gasteiger partial charge on any atom is -0.497 e. The molecule has 0 radical (unpaired) electrons. The van der Waals surface area contributed by atoms with Crippen LogP contribution in [0.5, 0.6) is 5.75 Å². The Labute approximate surface area is 235 Å². The zero-order chi connectivity index (χ0) is 27.9. The Balaban J connectivity index is 1.95. The summed E-state index contributed by atoms with van der Waals surface area (Å²) in [5.41, 5.74) is 0.880. The zero-order valence-electron chi connectivity index (χ0n) is 22.0. The molecule has 1 fully saturated rings. The lowest BCUT2D eigenvalue weighted by Crippen LogP contribution is -2.54. The van der Waals surface area contributed by atoms with Gasteiger partial charge in [0.25, 0.3) is 0 Å². The topological polar surface area (TPSA) is 96.0 Å². The molecule has 0 aliphatic heterocycles. The van der Waals surface area contributed by atoms with Crippen LogP contribution in [0.3, 0.4) is 0 Å². The number of amides is 2. The molecule has 0 heterocycles. The Morgan fingerprint density at radius 1 is 1.11 bits per heavy atom. The number of nitrogens with one attached hydrogen (secondary N) is 1. The number of benzene rings is 2. The van der Waals surface area contributed by atoms with Gasteiger partial charge in [0.2, 0.25) is 21.8 Å². The highest BCUT2D eigenvalue weighted by atomic mass is 35.5. The lowest BCUT2D eigenvalue weighted by atomic mass is 9.95. The van der Waals surface area contributed by atoms with E-state index in [1.54, 1.807) is 25.3 Å². The number of hydrogen-bond acceptors (Lipinski definition) is 5. The minimum absolute atomic E-state index is 0.0689. The van der Waals surface area contributed by atoms with Gasteiger partial charge in [0.1, 0.15) is 18.3 Å². The van der Waals surface area contributed by atoms with Gasteiger partial charge in [-0.3, -0.25) is 13.9 Å². The number of carbonyl (C=O) groups is 2. The third kappa shape index (κ3) is 8.01. The lowest BCUT2D eigenvalue weighted by Gasteiger charge is -2.34. The Morgan fingerprint density at radius 3 is 2.42 bits per heavy atom. The van der Waals surface area contributed by atoms with Gasteiger partial charge in [-0.15, -0.1) is 0 Å². The highest BCUT2D eigenvalue weighted by molar-refractivity contribution is 7.92. The summed E-state index contributed by atoms with van der Waals surface area (Å²) in [5, 5.41) is 3.55. The van der Waals surface area contributed by atoms with Crippen LogP contribution in [0.1, 0.15) is 51.0 Å². The molecule has 11 heteroatoms. The minimum atomic E-state index is -3.90. The average molecular weight is 585 g/mol. The third-order valence-electron chi connectivity index (χ3n) is 6.68. The van der Waals surface area contributed by atoms with Gasteiger partial charge in [-0.25, -0.2) is 8.42 Å². The fraction of sp³-hybridized carbons (Fsp3) is 0.481. The molecule has 3 rings (SSSR count). The van der Waals surface area contributed by atoms with Crippen LogP contribution in [0.2, 0.25) is 10.0 Å². The van der Waals surface area contributed by atoms with Crippen molar-refractivity contribution in [2.45, 2.75) is 64.1 Å². The van der Waals surface area contributed by atoms with E-state index in [2.05, 4.69) is 5.32 Å². The van der Waals surface area contributed by atoms with Gasteiger partial charge in [-0.05, 0) is 55.2 Å². The Kier molecular flexibility index (Phi) is 10.7. The van der Waals surface area contributed by atoms with Gasteiger partial charge < -0.3 is 15.0 Å². The maximum absolute atomic E-state index is 13.8. The van der Waals surface area contributed by atoms with Gasteiger partial charge in [0, 0.05) is 17.6 Å².